The topological polar surface area (TPSA) is 35.0 Å². The maximum atomic E-state index is 5.87. The predicted molar refractivity (Wildman–Crippen MR) is 61.7 cm³/mol. The fourth-order valence-corrected chi connectivity index (χ4v) is 2.30. The fourth-order valence-electron chi connectivity index (χ4n) is 1.71. The number of hydrogen-bond donors (Lipinski definition) is 0. The maximum absolute atomic E-state index is 5.87. The van der Waals surface area contributed by atoms with Crippen LogP contribution < -0.4 is 4.74 Å². The Kier molecular flexibility index (Phi) is 3.70. The lowest BCUT2D eigenvalue weighted by Crippen LogP contribution is -2.12. The molecule has 1 aromatic rings. The summed E-state index contributed by atoms with van der Waals surface area (Å²) in [6.07, 6.45) is 6.97. The molecule has 0 amide bonds. The second kappa shape index (κ2) is 5.03. The largest absolute Gasteiger partial charge is 0.474 e. The summed E-state index contributed by atoms with van der Waals surface area (Å²) >= 11 is 7.34. The van der Waals surface area contributed by atoms with Gasteiger partial charge in [-0.25, -0.2) is 4.98 Å². The van der Waals surface area contributed by atoms with E-state index in [2.05, 4.69) is 9.97 Å². The van der Waals surface area contributed by atoms with Crippen molar-refractivity contribution in [2.75, 3.05) is 6.26 Å². The number of halogens is 1. The van der Waals surface area contributed by atoms with E-state index in [1.807, 2.05) is 6.26 Å². The number of thioether (sulfide) groups is 1. The summed E-state index contributed by atoms with van der Waals surface area (Å²) in [7, 11) is 0. The third-order valence-corrected chi connectivity index (χ3v) is 3.16. The molecule has 82 valence electrons. The van der Waals surface area contributed by atoms with E-state index in [9.17, 15) is 0 Å². The molecule has 0 unspecified atom stereocenters. The van der Waals surface area contributed by atoms with Gasteiger partial charge in [0.05, 0.1) is 0 Å². The average Bonchev–Trinajstić information content (AvgIpc) is 2.69. The molecule has 0 saturated heterocycles. The van der Waals surface area contributed by atoms with Crippen molar-refractivity contribution in [3.8, 4) is 5.88 Å². The minimum absolute atomic E-state index is 0.311. The summed E-state index contributed by atoms with van der Waals surface area (Å²) in [5.41, 5.74) is 0. The minimum atomic E-state index is 0.311. The summed E-state index contributed by atoms with van der Waals surface area (Å²) < 4.78 is 5.75. The molecule has 1 aliphatic rings. The number of hydrogen-bond acceptors (Lipinski definition) is 4. The Morgan fingerprint density at radius 3 is 2.80 bits per heavy atom. The van der Waals surface area contributed by atoms with Gasteiger partial charge < -0.3 is 4.74 Å². The Morgan fingerprint density at radius 1 is 1.40 bits per heavy atom. The second-order valence-electron chi connectivity index (χ2n) is 3.54. The van der Waals surface area contributed by atoms with Gasteiger partial charge in [0.25, 0.3) is 0 Å². The van der Waals surface area contributed by atoms with E-state index >= 15 is 0 Å². The molecule has 0 radical (unpaired) electrons. The molecule has 1 saturated carbocycles. The summed E-state index contributed by atoms with van der Waals surface area (Å²) in [4.78, 5) is 8.32. The number of rotatable bonds is 3. The number of ether oxygens (including phenoxy) is 1. The molecule has 1 fully saturated rings. The third kappa shape index (κ3) is 2.98. The van der Waals surface area contributed by atoms with Gasteiger partial charge in [-0.2, -0.15) is 4.98 Å². The van der Waals surface area contributed by atoms with Crippen LogP contribution in [0.2, 0.25) is 5.15 Å². The van der Waals surface area contributed by atoms with Crippen LogP contribution in [0.3, 0.4) is 0 Å². The van der Waals surface area contributed by atoms with Gasteiger partial charge in [0.1, 0.15) is 11.3 Å². The van der Waals surface area contributed by atoms with Crippen molar-refractivity contribution in [2.45, 2.75) is 36.9 Å². The monoisotopic (exact) mass is 244 g/mol. The number of aromatic nitrogens is 2. The van der Waals surface area contributed by atoms with Gasteiger partial charge in [0, 0.05) is 6.07 Å². The zero-order valence-corrected chi connectivity index (χ0v) is 10.1. The van der Waals surface area contributed by atoms with E-state index < -0.39 is 0 Å². The summed E-state index contributed by atoms with van der Waals surface area (Å²) in [6.45, 7) is 0. The first-order valence-corrected chi connectivity index (χ1v) is 6.63. The van der Waals surface area contributed by atoms with E-state index in [0.29, 0.717) is 22.3 Å². The second-order valence-corrected chi connectivity index (χ2v) is 4.70. The highest BCUT2D eigenvalue weighted by Gasteiger charge is 2.17. The van der Waals surface area contributed by atoms with Gasteiger partial charge in [0.2, 0.25) is 5.88 Å². The molecule has 1 aliphatic carbocycles. The van der Waals surface area contributed by atoms with Crippen LogP contribution in [0.25, 0.3) is 0 Å². The molecule has 1 heterocycles. The van der Waals surface area contributed by atoms with Crippen LogP contribution in [0.4, 0.5) is 0 Å². The molecule has 0 atom stereocenters. The predicted octanol–water partition coefficient (Wildman–Crippen LogP) is 3.17. The molecule has 2 rings (SSSR count). The molecular formula is C10H13ClN2OS. The van der Waals surface area contributed by atoms with Crippen LogP contribution in [-0.2, 0) is 0 Å². The van der Waals surface area contributed by atoms with Gasteiger partial charge in [-0.05, 0) is 31.9 Å². The molecule has 3 nitrogen and oxygen atoms in total. The Hall–Kier alpha value is -0.480. The first-order valence-electron chi connectivity index (χ1n) is 5.03. The highest BCUT2D eigenvalue weighted by Crippen LogP contribution is 2.25. The van der Waals surface area contributed by atoms with Gasteiger partial charge in [-0.15, -0.1) is 0 Å². The van der Waals surface area contributed by atoms with Crippen molar-refractivity contribution in [1.29, 1.82) is 0 Å². The summed E-state index contributed by atoms with van der Waals surface area (Å²) in [5, 5.41) is 1.11. The molecule has 0 N–H and O–H groups in total. The zero-order chi connectivity index (χ0) is 10.7. The molecule has 0 aliphatic heterocycles. The standard InChI is InChI=1S/C10H13ClN2OS/c1-15-10-12-8(11)6-9(13-10)14-7-4-2-3-5-7/h6-7H,2-5H2,1H3. The lowest BCUT2D eigenvalue weighted by molar-refractivity contribution is 0.199. The van der Waals surface area contributed by atoms with Crippen LogP contribution in [0.15, 0.2) is 11.2 Å². The van der Waals surface area contributed by atoms with Gasteiger partial charge in [-0.3, -0.25) is 0 Å². The van der Waals surface area contributed by atoms with Gasteiger partial charge in [-0.1, -0.05) is 23.4 Å². The molecule has 0 aromatic carbocycles. The highest BCUT2D eigenvalue weighted by atomic mass is 35.5. The van der Waals surface area contributed by atoms with Crippen LogP contribution >= 0.6 is 23.4 Å². The van der Waals surface area contributed by atoms with Crippen molar-refractivity contribution in [3.05, 3.63) is 11.2 Å². The molecule has 0 bridgehead atoms. The Balaban J connectivity index is 2.09. The van der Waals surface area contributed by atoms with E-state index in [0.717, 1.165) is 12.8 Å². The lowest BCUT2D eigenvalue weighted by Gasteiger charge is -2.12. The Bertz CT molecular complexity index is 342. The average molecular weight is 245 g/mol. The Morgan fingerprint density at radius 2 is 2.13 bits per heavy atom. The van der Waals surface area contributed by atoms with E-state index in [-0.39, 0.29) is 0 Å². The van der Waals surface area contributed by atoms with Crippen molar-refractivity contribution in [3.63, 3.8) is 0 Å². The molecule has 1 aromatic heterocycles. The molecule has 5 heteroatoms. The smallest absolute Gasteiger partial charge is 0.219 e. The minimum Gasteiger partial charge on any atom is -0.474 e. The molecular weight excluding hydrogens is 232 g/mol. The van der Waals surface area contributed by atoms with Crippen molar-refractivity contribution in [1.82, 2.24) is 9.97 Å². The fraction of sp³-hybridized carbons (Fsp3) is 0.600. The van der Waals surface area contributed by atoms with E-state index in [1.54, 1.807) is 6.07 Å². The van der Waals surface area contributed by atoms with Crippen molar-refractivity contribution in [2.24, 2.45) is 0 Å². The quantitative estimate of drug-likeness (QED) is 0.465. The molecule has 0 spiro atoms. The maximum Gasteiger partial charge on any atom is 0.219 e. The normalized spacial score (nSPS) is 16.9. The lowest BCUT2D eigenvalue weighted by atomic mass is 10.3. The third-order valence-electron chi connectivity index (χ3n) is 2.42. The van der Waals surface area contributed by atoms with Crippen LogP contribution in [0, 0.1) is 0 Å². The first-order chi connectivity index (χ1) is 7.28. The first kappa shape index (κ1) is 11.0. The highest BCUT2D eigenvalue weighted by molar-refractivity contribution is 7.98. The summed E-state index contributed by atoms with van der Waals surface area (Å²) in [5.74, 6) is 0.603. The van der Waals surface area contributed by atoms with Crippen molar-refractivity contribution < 1.29 is 4.74 Å². The summed E-state index contributed by atoms with van der Waals surface area (Å²) in [6, 6.07) is 1.68. The van der Waals surface area contributed by atoms with Gasteiger partial charge >= 0.3 is 0 Å². The zero-order valence-electron chi connectivity index (χ0n) is 8.57. The SMILES string of the molecule is CSc1nc(Cl)cc(OC2CCCC2)n1. The van der Waals surface area contributed by atoms with Crippen LogP contribution in [0.5, 0.6) is 5.88 Å². The van der Waals surface area contributed by atoms with Gasteiger partial charge in [0.15, 0.2) is 5.16 Å². The van der Waals surface area contributed by atoms with Crippen LogP contribution in [-0.4, -0.2) is 22.3 Å². The number of nitrogens with zero attached hydrogens (tertiary/aromatic N) is 2. The van der Waals surface area contributed by atoms with E-state index in [4.69, 9.17) is 16.3 Å². The van der Waals surface area contributed by atoms with Crippen molar-refractivity contribution >= 4 is 23.4 Å². The van der Waals surface area contributed by atoms with E-state index in [1.165, 1.54) is 24.6 Å². The molecule has 15 heavy (non-hydrogen) atoms. The Labute approximate surface area is 98.6 Å². The van der Waals surface area contributed by atoms with Crippen LogP contribution in [0.1, 0.15) is 25.7 Å².